The van der Waals surface area contributed by atoms with Crippen LogP contribution < -0.4 is 16.4 Å². The van der Waals surface area contributed by atoms with E-state index >= 15 is 0 Å². The first kappa shape index (κ1) is 41.0. The highest BCUT2D eigenvalue weighted by atomic mass is 16.6. The topological polar surface area (TPSA) is 188 Å². The number of hydrogen-bond donors (Lipinski definition) is 5. The van der Waals surface area contributed by atoms with E-state index in [9.17, 15) is 34.2 Å². The average molecular weight is 685 g/mol. The summed E-state index contributed by atoms with van der Waals surface area (Å²) in [7, 11) is 0. The fraction of sp³-hybridized carbons (Fsp3) is 0.595. The van der Waals surface area contributed by atoms with Crippen LogP contribution in [0.15, 0.2) is 42.5 Å². The molecule has 2 aromatic carbocycles. The fourth-order valence-corrected chi connectivity index (χ4v) is 6.05. The van der Waals surface area contributed by atoms with Gasteiger partial charge in [0.2, 0.25) is 5.91 Å². The number of urea groups is 1. The minimum Gasteiger partial charge on any atom is -0.481 e. The Balaban J connectivity index is 2.17. The van der Waals surface area contributed by atoms with Crippen LogP contribution in [0, 0.1) is 5.41 Å². The second kappa shape index (κ2) is 16.5. The minimum atomic E-state index is -1.94. The number of nitrogens with two attached hydrogens (primary N) is 1. The molecule has 0 radical (unpaired) electrons. The zero-order chi connectivity index (χ0) is 37.4. The maximum Gasteiger partial charge on any atom is 0.330 e. The highest BCUT2D eigenvalue weighted by molar-refractivity contribution is 5.90. The predicted molar refractivity (Wildman–Crippen MR) is 189 cm³/mol. The number of hydrogen-bond acceptors (Lipinski definition) is 7. The average Bonchev–Trinajstić information content (AvgIpc) is 2.95. The van der Waals surface area contributed by atoms with Crippen LogP contribution in [-0.2, 0) is 30.3 Å². The SMILES string of the molecule is CC(C)(C)OC(=O)[C@H](CCCCNC(=O)[C@@H](N)Cc1ccc2ccccc2c1)NC(=O)N(C(C)(C)C)[C@@](CCC(=O)O)(C(=O)O)C(C)(C)C. The van der Waals surface area contributed by atoms with E-state index in [0.29, 0.717) is 19.3 Å². The third-order valence-electron chi connectivity index (χ3n) is 8.36. The van der Waals surface area contributed by atoms with E-state index in [-0.39, 0.29) is 25.3 Å². The van der Waals surface area contributed by atoms with Gasteiger partial charge in [0.25, 0.3) is 0 Å². The van der Waals surface area contributed by atoms with E-state index in [4.69, 9.17) is 10.5 Å². The number of benzene rings is 2. The first-order valence-corrected chi connectivity index (χ1v) is 16.8. The summed E-state index contributed by atoms with van der Waals surface area (Å²) in [6.07, 6.45) is 0.533. The van der Waals surface area contributed by atoms with Crippen LogP contribution in [0.3, 0.4) is 0 Å². The molecule has 0 saturated carbocycles. The quantitative estimate of drug-likeness (QED) is 0.123. The third kappa shape index (κ3) is 11.4. The summed E-state index contributed by atoms with van der Waals surface area (Å²) in [5, 5.41) is 27.8. The lowest BCUT2D eigenvalue weighted by atomic mass is 9.68. The lowest BCUT2D eigenvalue weighted by Gasteiger charge is -2.54. The molecule has 2 aromatic rings. The van der Waals surface area contributed by atoms with Gasteiger partial charge in [-0.2, -0.15) is 0 Å². The molecule has 0 fully saturated rings. The smallest absolute Gasteiger partial charge is 0.330 e. The van der Waals surface area contributed by atoms with Crippen LogP contribution in [0.5, 0.6) is 0 Å². The standard InChI is InChI=1S/C37H56N4O8/c1-34(2,3)37(32(46)47,20-19-29(42)43)41(35(4,5)6)33(48)40-28(31(45)49-36(7,8)9)16-12-13-21-39-30(44)27(38)23-24-17-18-25-14-10-11-15-26(25)22-24/h10-11,14-15,17-18,22,27-28H,12-13,16,19-21,23,38H2,1-9H3,(H,39,44)(H,40,48)(H,42,43)(H,46,47)/t27-,28-,37-/m0/s1. The molecule has 0 aromatic heterocycles. The van der Waals surface area contributed by atoms with Crippen molar-refractivity contribution in [1.82, 2.24) is 15.5 Å². The molecule has 2 rings (SSSR count). The number of carbonyl (C=O) groups excluding carboxylic acids is 3. The van der Waals surface area contributed by atoms with Crippen molar-refractivity contribution in [3.63, 3.8) is 0 Å². The summed E-state index contributed by atoms with van der Waals surface area (Å²) in [5.41, 5.74) is 2.14. The van der Waals surface area contributed by atoms with Gasteiger partial charge in [-0.3, -0.25) is 9.59 Å². The Morgan fingerprint density at radius 2 is 1.49 bits per heavy atom. The number of aliphatic carboxylic acids is 2. The van der Waals surface area contributed by atoms with E-state index < -0.39 is 64.5 Å². The number of amides is 3. The number of unbranched alkanes of at least 4 members (excludes halogenated alkanes) is 1. The second-order valence-corrected chi connectivity index (χ2v) is 15.6. The van der Waals surface area contributed by atoms with Gasteiger partial charge in [-0.15, -0.1) is 0 Å². The van der Waals surface area contributed by atoms with Gasteiger partial charge in [0.05, 0.1) is 6.04 Å². The van der Waals surface area contributed by atoms with Crippen LogP contribution in [0.2, 0.25) is 0 Å². The summed E-state index contributed by atoms with van der Waals surface area (Å²) in [5.74, 6) is -3.55. The Morgan fingerprint density at radius 1 is 0.878 bits per heavy atom. The Bertz CT molecular complexity index is 1490. The number of nitrogens with zero attached hydrogens (tertiary/aromatic N) is 1. The summed E-state index contributed by atoms with van der Waals surface area (Å²) < 4.78 is 5.60. The molecular formula is C37H56N4O8. The Labute approximate surface area is 290 Å². The summed E-state index contributed by atoms with van der Waals surface area (Å²) in [4.78, 5) is 66.0. The number of ether oxygens (including phenoxy) is 1. The molecule has 12 nitrogen and oxygen atoms in total. The highest BCUT2D eigenvalue weighted by Crippen LogP contribution is 2.43. The van der Waals surface area contributed by atoms with Crippen molar-refractivity contribution in [2.24, 2.45) is 11.1 Å². The first-order valence-electron chi connectivity index (χ1n) is 16.8. The number of nitrogens with one attached hydrogen (secondary N) is 2. The van der Waals surface area contributed by atoms with Crippen LogP contribution >= 0.6 is 0 Å². The van der Waals surface area contributed by atoms with E-state index in [1.54, 1.807) is 62.3 Å². The van der Waals surface area contributed by atoms with Gasteiger partial charge in [0, 0.05) is 18.5 Å². The first-order chi connectivity index (χ1) is 22.5. The van der Waals surface area contributed by atoms with Gasteiger partial charge < -0.3 is 36.2 Å². The molecule has 272 valence electrons. The number of rotatable bonds is 15. The molecule has 0 spiro atoms. The summed E-state index contributed by atoms with van der Waals surface area (Å²) >= 11 is 0. The Morgan fingerprint density at radius 3 is 2.02 bits per heavy atom. The molecular weight excluding hydrogens is 628 g/mol. The van der Waals surface area contributed by atoms with Crippen LogP contribution in [0.4, 0.5) is 4.79 Å². The highest BCUT2D eigenvalue weighted by Gasteiger charge is 2.58. The predicted octanol–water partition coefficient (Wildman–Crippen LogP) is 5.25. The van der Waals surface area contributed by atoms with Gasteiger partial charge in [-0.05, 0) is 95.4 Å². The van der Waals surface area contributed by atoms with Crippen LogP contribution in [0.1, 0.15) is 100.0 Å². The molecule has 3 amide bonds. The lowest BCUT2D eigenvalue weighted by molar-refractivity contribution is -0.164. The molecule has 49 heavy (non-hydrogen) atoms. The molecule has 0 bridgehead atoms. The minimum absolute atomic E-state index is 0.141. The van der Waals surface area contributed by atoms with Crippen molar-refractivity contribution in [3.8, 4) is 0 Å². The number of carboxylic acid groups (broad SMARTS) is 2. The fourth-order valence-electron chi connectivity index (χ4n) is 6.05. The molecule has 3 atom stereocenters. The largest absolute Gasteiger partial charge is 0.481 e. The van der Waals surface area contributed by atoms with Crippen molar-refractivity contribution in [1.29, 1.82) is 0 Å². The van der Waals surface area contributed by atoms with E-state index in [1.165, 1.54) is 0 Å². The van der Waals surface area contributed by atoms with Gasteiger partial charge in [0.15, 0.2) is 0 Å². The molecule has 0 aliphatic heterocycles. The Kier molecular flexibility index (Phi) is 13.8. The third-order valence-corrected chi connectivity index (χ3v) is 8.36. The van der Waals surface area contributed by atoms with Gasteiger partial charge in [0.1, 0.15) is 17.2 Å². The van der Waals surface area contributed by atoms with Crippen molar-refractivity contribution in [3.05, 3.63) is 48.0 Å². The van der Waals surface area contributed by atoms with Crippen LogP contribution in [0.25, 0.3) is 10.8 Å². The van der Waals surface area contributed by atoms with E-state index in [1.807, 2.05) is 42.5 Å². The molecule has 0 saturated heterocycles. The normalized spacial score (nSPS) is 14.7. The maximum absolute atomic E-state index is 14.1. The zero-order valence-electron chi connectivity index (χ0n) is 30.5. The molecule has 0 heterocycles. The molecule has 12 heteroatoms. The van der Waals surface area contributed by atoms with E-state index in [2.05, 4.69) is 10.6 Å². The summed E-state index contributed by atoms with van der Waals surface area (Å²) in [6, 6.07) is 11.2. The van der Waals surface area contributed by atoms with Gasteiger partial charge in [-0.1, -0.05) is 63.2 Å². The molecule has 0 aliphatic rings. The van der Waals surface area contributed by atoms with E-state index in [0.717, 1.165) is 21.2 Å². The number of carbonyl (C=O) groups is 5. The number of esters is 1. The Hall–Kier alpha value is -4.19. The van der Waals surface area contributed by atoms with Crippen molar-refractivity contribution < 1.29 is 38.9 Å². The number of fused-ring (bicyclic) bond motifs is 1. The maximum atomic E-state index is 14.1. The number of carboxylic acids is 2. The zero-order valence-corrected chi connectivity index (χ0v) is 30.5. The second-order valence-electron chi connectivity index (χ2n) is 15.6. The van der Waals surface area contributed by atoms with Crippen LogP contribution in [-0.4, -0.2) is 80.3 Å². The van der Waals surface area contributed by atoms with Crippen molar-refractivity contribution >= 4 is 40.6 Å². The summed E-state index contributed by atoms with van der Waals surface area (Å²) in [6.45, 7) is 15.3. The van der Waals surface area contributed by atoms with Crippen molar-refractivity contribution in [2.75, 3.05) is 6.54 Å². The lowest BCUT2D eigenvalue weighted by Crippen LogP contribution is -2.71. The monoisotopic (exact) mass is 684 g/mol. The van der Waals surface area contributed by atoms with Gasteiger partial charge >= 0.3 is 23.9 Å². The molecule has 0 aliphatic carbocycles. The van der Waals surface area contributed by atoms with Gasteiger partial charge in [-0.25, -0.2) is 14.4 Å². The van der Waals surface area contributed by atoms with Crippen molar-refractivity contribution in [2.45, 2.75) is 130 Å². The molecule has 6 N–H and O–H groups in total. The molecule has 0 unspecified atom stereocenters.